The van der Waals surface area contributed by atoms with Crippen molar-refractivity contribution in [2.45, 2.75) is 19.8 Å². The molecule has 0 bridgehead atoms. The summed E-state index contributed by atoms with van der Waals surface area (Å²) in [7, 11) is 0. The lowest BCUT2D eigenvalue weighted by Gasteiger charge is -2.05. The van der Waals surface area contributed by atoms with Crippen LogP contribution >= 0.6 is 11.3 Å². The van der Waals surface area contributed by atoms with Gasteiger partial charge in [-0.2, -0.15) is 0 Å². The summed E-state index contributed by atoms with van der Waals surface area (Å²) < 4.78 is 1.71. The van der Waals surface area contributed by atoms with Gasteiger partial charge in [-0.05, 0) is 31.4 Å². The Morgan fingerprint density at radius 3 is 2.88 bits per heavy atom. The smallest absolute Gasteiger partial charge is 0.359 e. The van der Waals surface area contributed by atoms with Gasteiger partial charge in [0.2, 0.25) is 0 Å². The Kier molecular flexibility index (Phi) is 4.39. The van der Waals surface area contributed by atoms with Crippen LogP contribution in [0.25, 0.3) is 16.2 Å². The lowest BCUT2D eigenvalue weighted by Crippen LogP contribution is -2.34. The first-order valence-corrected chi connectivity index (χ1v) is 9.08. The molecule has 3 aromatic heterocycles. The van der Waals surface area contributed by atoms with Crippen molar-refractivity contribution in [2.24, 2.45) is 0 Å². The minimum absolute atomic E-state index is 0.595. The summed E-state index contributed by atoms with van der Waals surface area (Å²) >= 11 is 1.68. The highest BCUT2D eigenvalue weighted by Crippen LogP contribution is 2.28. The number of hydrogen-bond acceptors (Lipinski definition) is 5. The molecule has 0 spiro atoms. The Bertz CT molecular complexity index is 962. The molecule has 0 aliphatic rings. The average molecular weight is 351 g/mol. The van der Waals surface area contributed by atoms with Crippen molar-refractivity contribution in [3.8, 4) is 5.95 Å². The molecule has 0 amide bonds. The minimum Gasteiger partial charge on any atom is -0.359 e. The van der Waals surface area contributed by atoms with Crippen LogP contribution in [0.5, 0.6) is 0 Å². The van der Waals surface area contributed by atoms with Crippen LogP contribution in [-0.2, 0) is 6.42 Å². The zero-order chi connectivity index (χ0) is 17.1. The fourth-order valence-corrected chi connectivity index (χ4v) is 3.63. The van der Waals surface area contributed by atoms with E-state index in [-0.39, 0.29) is 0 Å². The normalized spacial score (nSPS) is 11.1. The number of aromatic amines is 1. The number of fused-ring (bicyclic) bond motifs is 1. The number of hydrogen-bond donors (Lipinski definition) is 2. The van der Waals surface area contributed by atoms with E-state index in [1.807, 2.05) is 6.07 Å². The predicted octanol–water partition coefficient (Wildman–Crippen LogP) is 3.04. The first-order chi connectivity index (χ1) is 12.3. The topological polar surface area (TPSA) is 70.4 Å². The standard InChI is InChI=1S/C18H18N6S/c1-13-12-15-16(19-9-5-8-14-6-3-2-4-7-14)21-18(22-17(15)25-13)24-11-10-20-23-24/h2-4,6-7,10-12H,5,8-9H2,1H3,(H,19,21,22)/p+1. The van der Waals surface area contributed by atoms with Crippen LogP contribution < -0.4 is 10.00 Å². The second kappa shape index (κ2) is 6.98. The van der Waals surface area contributed by atoms with Crippen molar-refractivity contribution in [3.63, 3.8) is 0 Å². The van der Waals surface area contributed by atoms with Gasteiger partial charge in [-0.3, -0.25) is 0 Å². The van der Waals surface area contributed by atoms with Crippen molar-refractivity contribution in [3.05, 3.63) is 59.2 Å². The average Bonchev–Trinajstić information content (AvgIpc) is 3.28. The van der Waals surface area contributed by atoms with E-state index in [1.54, 1.807) is 28.4 Å². The number of nitrogens with one attached hydrogen (secondary N) is 2. The molecule has 4 rings (SSSR count). The molecule has 7 heteroatoms. The summed E-state index contributed by atoms with van der Waals surface area (Å²) in [6.45, 7) is 2.96. The van der Waals surface area contributed by atoms with Gasteiger partial charge in [0.05, 0.1) is 5.39 Å². The molecular formula is C18H19N6S+. The van der Waals surface area contributed by atoms with Crippen molar-refractivity contribution in [1.82, 2.24) is 20.3 Å². The first-order valence-electron chi connectivity index (χ1n) is 8.27. The number of nitrogens with zero attached hydrogens (tertiary/aromatic N) is 4. The maximum absolute atomic E-state index is 4.68. The molecule has 0 aliphatic carbocycles. The summed E-state index contributed by atoms with van der Waals surface area (Å²) in [6.07, 6.45) is 5.58. The fraction of sp³-hybridized carbons (Fsp3) is 0.222. The quantitative estimate of drug-likeness (QED) is 0.414. The molecule has 126 valence electrons. The number of aryl methyl sites for hydroxylation is 2. The van der Waals surface area contributed by atoms with E-state index in [0.29, 0.717) is 5.95 Å². The number of thiophene rings is 1. The lowest BCUT2D eigenvalue weighted by molar-refractivity contribution is -0.666. The number of benzene rings is 1. The van der Waals surface area contributed by atoms with E-state index in [4.69, 9.17) is 0 Å². The summed E-state index contributed by atoms with van der Waals surface area (Å²) in [6, 6.07) is 12.7. The molecule has 0 unspecified atom stereocenters. The van der Waals surface area contributed by atoms with Gasteiger partial charge < -0.3 is 5.32 Å². The maximum Gasteiger partial charge on any atom is 0.409 e. The van der Waals surface area contributed by atoms with Crippen molar-refractivity contribution in [2.75, 3.05) is 11.9 Å². The molecule has 3 heterocycles. The molecule has 1 aromatic carbocycles. The summed E-state index contributed by atoms with van der Waals surface area (Å²) in [5, 5.41) is 11.4. The number of rotatable bonds is 6. The zero-order valence-corrected chi connectivity index (χ0v) is 14.8. The minimum atomic E-state index is 0.595. The van der Waals surface area contributed by atoms with Gasteiger partial charge in [-0.1, -0.05) is 45.4 Å². The van der Waals surface area contributed by atoms with Crippen molar-refractivity contribution < 1.29 is 4.68 Å². The summed E-state index contributed by atoms with van der Waals surface area (Å²) in [5.41, 5.74) is 1.36. The number of aromatic nitrogens is 5. The van der Waals surface area contributed by atoms with Gasteiger partial charge >= 0.3 is 5.95 Å². The largest absolute Gasteiger partial charge is 0.409 e. The van der Waals surface area contributed by atoms with E-state index >= 15 is 0 Å². The van der Waals surface area contributed by atoms with E-state index < -0.39 is 0 Å². The Morgan fingerprint density at radius 1 is 1.20 bits per heavy atom. The van der Waals surface area contributed by atoms with E-state index in [1.165, 1.54) is 10.4 Å². The molecule has 0 saturated heterocycles. The first kappa shape index (κ1) is 15.7. The molecule has 2 N–H and O–H groups in total. The van der Waals surface area contributed by atoms with E-state index in [2.05, 4.69) is 62.9 Å². The fourth-order valence-electron chi connectivity index (χ4n) is 2.76. The van der Waals surface area contributed by atoms with Crippen LogP contribution in [0.2, 0.25) is 0 Å². The van der Waals surface area contributed by atoms with E-state index in [0.717, 1.165) is 35.4 Å². The lowest BCUT2D eigenvalue weighted by atomic mass is 10.1. The van der Waals surface area contributed by atoms with Gasteiger partial charge in [-0.25, -0.2) is 0 Å². The van der Waals surface area contributed by atoms with E-state index in [9.17, 15) is 0 Å². The molecule has 25 heavy (non-hydrogen) atoms. The van der Waals surface area contributed by atoms with Crippen LogP contribution in [-0.4, -0.2) is 26.8 Å². The molecular weight excluding hydrogens is 332 g/mol. The Morgan fingerprint density at radius 2 is 2.08 bits per heavy atom. The highest BCUT2D eigenvalue weighted by Gasteiger charge is 2.18. The highest BCUT2D eigenvalue weighted by atomic mass is 32.1. The van der Waals surface area contributed by atoms with Gasteiger partial charge in [-0.15, -0.1) is 21.2 Å². The molecule has 0 atom stereocenters. The summed E-state index contributed by atoms with van der Waals surface area (Å²) in [4.78, 5) is 11.5. The SMILES string of the molecule is Cc1cc2c(NCCCc3ccccc3)nc(-[n+]3ccn[nH]3)nc2s1. The third-order valence-electron chi connectivity index (χ3n) is 3.95. The Labute approximate surface area is 149 Å². The predicted molar refractivity (Wildman–Crippen MR) is 99.1 cm³/mol. The zero-order valence-electron chi connectivity index (χ0n) is 13.9. The summed E-state index contributed by atoms with van der Waals surface area (Å²) in [5.74, 6) is 1.47. The Hall–Kier alpha value is -2.80. The van der Waals surface area contributed by atoms with Crippen LogP contribution in [0.1, 0.15) is 16.9 Å². The van der Waals surface area contributed by atoms with Crippen LogP contribution in [0.4, 0.5) is 5.82 Å². The van der Waals surface area contributed by atoms with Crippen LogP contribution in [0, 0.1) is 6.92 Å². The number of anilines is 1. The molecule has 0 fully saturated rings. The third-order valence-corrected chi connectivity index (χ3v) is 4.90. The Balaban J connectivity index is 1.53. The second-order valence-corrected chi connectivity index (χ2v) is 7.10. The molecule has 0 aliphatic heterocycles. The maximum atomic E-state index is 4.68. The van der Waals surface area contributed by atoms with Gasteiger partial charge in [0.25, 0.3) is 0 Å². The second-order valence-electron chi connectivity index (χ2n) is 5.86. The molecule has 4 aromatic rings. The third kappa shape index (κ3) is 3.51. The monoisotopic (exact) mass is 351 g/mol. The molecule has 0 saturated carbocycles. The van der Waals surface area contributed by atoms with Crippen molar-refractivity contribution >= 4 is 27.4 Å². The molecule has 6 nitrogen and oxygen atoms in total. The van der Waals surface area contributed by atoms with Crippen LogP contribution in [0.3, 0.4) is 0 Å². The van der Waals surface area contributed by atoms with Gasteiger partial charge in [0.15, 0.2) is 10.6 Å². The highest BCUT2D eigenvalue weighted by molar-refractivity contribution is 7.18. The molecule has 0 radical (unpaired) electrons. The number of H-pyrrole nitrogens is 1. The van der Waals surface area contributed by atoms with Crippen LogP contribution in [0.15, 0.2) is 48.8 Å². The van der Waals surface area contributed by atoms with Crippen molar-refractivity contribution in [1.29, 1.82) is 0 Å². The van der Waals surface area contributed by atoms with Gasteiger partial charge in [0, 0.05) is 11.4 Å². The van der Waals surface area contributed by atoms with Gasteiger partial charge in [0.1, 0.15) is 12.4 Å².